The van der Waals surface area contributed by atoms with E-state index in [4.69, 9.17) is 15.2 Å². The summed E-state index contributed by atoms with van der Waals surface area (Å²) in [7, 11) is 0. The lowest BCUT2D eigenvalue weighted by Gasteiger charge is -2.54. The molecule has 8 rings (SSSR count). The first kappa shape index (κ1) is 59.1. The minimum atomic E-state index is -3.26. The number of hydrogen-bond donors (Lipinski definition) is 2. The van der Waals surface area contributed by atoms with E-state index >= 15 is 4.39 Å². The molecule has 4 aromatic rings. The number of urea groups is 2. The molecular formula is C58H70F4N8O9. The normalized spacial score (nSPS) is 16.5. The summed E-state index contributed by atoms with van der Waals surface area (Å²) >= 11 is 0. The van der Waals surface area contributed by atoms with Crippen LogP contribution in [0.4, 0.5) is 48.1 Å². The van der Waals surface area contributed by atoms with Crippen LogP contribution >= 0.6 is 0 Å². The molecule has 0 bridgehead atoms. The molecule has 4 aliphatic rings. The molecule has 0 unspecified atom stereocenters. The van der Waals surface area contributed by atoms with Crippen molar-refractivity contribution in [2.24, 2.45) is 16.6 Å². The Labute approximate surface area is 457 Å². The lowest BCUT2D eigenvalue weighted by atomic mass is 9.72. The van der Waals surface area contributed by atoms with E-state index in [1.54, 1.807) is 66.2 Å². The monoisotopic (exact) mass is 1100 g/mol. The van der Waals surface area contributed by atoms with E-state index < -0.39 is 47.5 Å². The molecule has 4 heterocycles. The van der Waals surface area contributed by atoms with Crippen molar-refractivity contribution in [3.63, 3.8) is 0 Å². The number of likely N-dealkylation sites (tertiary alicyclic amines) is 4. The summed E-state index contributed by atoms with van der Waals surface area (Å²) in [6.07, 6.45) is -0.825. The molecule has 7 amide bonds. The molecule has 4 fully saturated rings. The van der Waals surface area contributed by atoms with Gasteiger partial charge in [-0.05, 0) is 104 Å². The van der Waals surface area contributed by atoms with Crippen molar-refractivity contribution in [1.82, 2.24) is 24.9 Å². The Morgan fingerprint density at radius 3 is 1.27 bits per heavy atom. The summed E-state index contributed by atoms with van der Waals surface area (Å²) in [6, 6.07) is 25.4. The molecule has 0 radical (unpaired) electrons. The third-order valence-corrected chi connectivity index (χ3v) is 14.4. The number of anilines is 2. The fourth-order valence-corrected chi connectivity index (χ4v) is 10.0. The second-order valence-corrected chi connectivity index (χ2v) is 22.7. The van der Waals surface area contributed by atoms with Gasteiger partial charge in [0, 0.05) is 96.8 Å². The molecule has 0 saturated carbocycles. The number of ketones is 2. The molecular weight excluding hydrogens is 1030 g/mol. The quantitative estimate of drug-likeness (QED) is 0.102. The van der Waals surface area contributed by atoms with Gasteiger partial charge >= 0.3 is 30.7 Å². The van der Waals surface area contributed by atoms with Crippen molar-refractivity contribution >= 4 is 53.1 Å². The predicted molar refractivity (Wildman–Crippen MR) is 288 cm³/mol. The highest BCUT2D eigenvalue weighted by Crippen LogP contribution is 2.43. The van der Waals surface area contributed by atoms with Crippen molar-refractivity contribution in [2.75, 3.05) is 75.2 Å². The number of para-hydroxylation sites is 2. The zero-order valence-corrected chi connectivity index (χ0v) is 45.6. The van der Waals surface area contributed by atoms with Gasteiger partial charge in [0.1, 0.15) is 22.8 Å². The molecule has 2 spiro atoms. The molecule has 0 aliphatic carbocycles. The molecule has 17 nitrogen and oxygen atoms in total. The van der Waals surface area contributed by atoms with Gasteiger partial charge in [-0.15, -0.1) is 0 Å². The molecule has 0 atom stereocenters. The van der Waals surface area contributed by atoms with Gasteiger partial charge in [0.15, 0.2) is 11.6 Å². The summed E-state index contributed by atoms with van der Waals surface area (Å²) in [5.74, 6) is -3.95. The maximum Gasteiger partial charge on any atom is 0.410 e. The van der Waals surface area contributed by atoms with E-state index in [9.17, 15) is 46.7 Å². The summed E-state index contributed by atoms with van der Waals surface area (Å²) in [5, 5.41) is 1.80. The summed E-state index contributed by atoms with van der Waals surface area (Å²) in [4.78, 5) is 97.2. The second kappa shape index (κ2) is 24.6. The fraction of sp³-hybridized carbons (Fsp3) is 0.466. The number of ether oxygens (including phenoxy) is 2. The number of hydrogen-bond acceptors (Lipinski definition) is 10. The Morgan fingerprint density at radius 2 is 0.937 bits per heavy atom. The Kier molecular flexibility index (Phi) is 18.4. The van der Waals surface area contributed by atoms with Gasteiger partial charge in [0.05, 0.1) is 26.2 Å². The number of rotatable bonds is 12. The first-order valence-corrected chi connectivity index (χ1v) is 26.4. The average Bonchev–Trinajstić information content (AvgIpc) is 3.53. The standard InChI is InChI=1S/C30H35F3N4O5.C28H35FN4O4/c1-29(2,3)42-28(41)35-13-11-30(12-14-35)18-36(19-30)27(40)37(22-7-5-4-6-8-22)17-21-10-9-20(15-23(21)31)24(38)16-34-26(39)25(32)33;1-27(2,3)37-26(36)31-13-11-28(12-14-31)18-32(19-28)25(35)33(22-7-5-4-6-8-22)17-21-10-9-20(15-23(21)29)24(34)16-30/h4-10,15,25H,11-14,16-19H2,1-3H3,(H,34,39);4-10,15H,11-14,16-19,30H2,1-3H3. The van der Waals surface area contributed by atoms with Crippen LogP contribution in [0.25, 0.3) is 0 Å². The largest absolute Gasteiger partial charge is 0.444 e. The van der Waals surface area contributed by atoms with Gasteiger partial charge in [-0.3, -0.25) is 24.2 Å². The third kappa shape index (κ3) is 15.2. The van der Waals surface area contributed by atoms with E-state index in [-0.39, 0.29) is 77.2 Å². The van der Waals surface area contributed by atoms with E-state index in [1.807, 2.05) is 71.9 Å². The van der Waals surface area contributed by atoms with Crippen LogP contribution < -0.4 is 20.9 Å². The molecule has 4 saturated heterocycles. The fourth-order valence-electron chi connectivity index (χ4n) is 10.0. The molecule has 0 aromatic heterocycles. The average molecular weight is 1100 g/mol. The van der Waals surface area contributed by atoms with Gasteiger partial charge in [0.2, 0.25) is 0 Å². The van der Waals surface area contributed by atoms with Crippen molar-refractivity contribution in [3.8, 4) is 0 Å². The highest BCUT2D eigenvalue weighted by Gasteiger charge is 2.50. The summed E-state index contributed by atoms with van der Waals surface area (Å²) in [5.41, 5.74) is 5.98. The van der Waals surface area contributed by atoms with Crippen molar-refractivity contribution < 1.29 is 60.6 Å². The van der Waals surface area contributed by atoms with Crippen LogP contribution in [-0.4, -0.2) is 144 Å². The van der Waals surface area contributed by atoms with Crippen LogP contribution in [0.2, 0.25) is 0 Å². The lowest BCUT2D eigenvalue weighted by molar-refractivity contribution is -0.131. The minimum absolute atomic E-state index is 0.0218. The Bertz CT molecular complexity index is 2850. The maximum absolute atomic E-state index is 15.1. The van der Waals surface area contributed by atoms with Crippen LogP contribution in [0.15, 0.2) is 97.1 Å². The highest BCUT2D eigenvalue weighted by molar-refractivity contribution is 6.00. The molecule has 4 aromatic carbocycles. The summed E-state index contributed by atoms with van der Waals surface area (Å²) in [6.45, 7) is 14.5. The maximum atomic E-state index is 15.1. The third-order valence-electron chi connectivity index (χ3n) is 14.4. The Hall–Kier alpha value is -7.55. The van der Waals surface area contributed by atoms with Crippen molar-refractivity contribution in [3.05, 3.63) is 131 Å². The van der Waals surface area contributed by atoms with Gasteiger partial charge in [-0.2, -0.15) is 8.78 Å². The minimum Gasteiger partial charge on any atom is -0.444 e. The molecule has 21 heteroatoms. The number of Topliss-reactive ketones (excluding diaryl/α,β-unsaturated/α-hetero) is 2. The molecule has 3 N–H and O–H groups in total. The Balaban J connectivity index is 0.000000230. The number of piperidine rings is 2. The highest BCUT2D eigenvalue weighted by atomic mass is 19.3. The molecule has 4 aliphatic heterocycles. The molecule has 79 heavy (non-hydrogen) atoms. The van der Waals surface area contributed by atoms with Crippen LogP contribution in [-0.2, 0) is 27.4 Å². The van der Waals surface area contributed by atoms with Gasteiger partial charge in [-0.1, -0.05) is 60.7 Å². The Morgan fingerprint density at radius 1 is 0.570 bits per heavy atom. The van der Waals surface area contributed by atoms with Crippen LogP contribution in [0.5, 0.6) is 0 Å². The van der Waals surface area contributed by atoms with Gasteiger partial charge < -0.3 is 40.1 Å². The van der Waals surface area contributed by atoms with E-state index in [0.29, 0.717) is 69.3 Å². The molecule has 424 valence electrons. The zero-order chi connectivity index (χ0) is 57.5. The van der Waals surface area contributed by atoms with Crippen molar-refractivity contribution in [1.29, 1.82) is 0 Å². The number of halogens is 4. The lowest BCUT2D eigenvalue weighted by Crippen LogP contribution is -2.64. The first-order chi connectivity index (χ1) is 37.3. The number of alkyl halides is 2. The number of carbonyl (C=O) groups excluding carboxylic acids is 7. The topological polar surface area (TPSA) is 195 Å². The predicted octanol–water partition coefficient (Wildman–Crippen LogP) is 9.28. The first-order valence-electron chi connectivity index (χ1n) is 26.4. The van der Waals surface area contributed by atoms with Crippen LogP contribution in [0, 0.1) is 22.5 Å². The number of benzene rings is 4. The van der Waals surface area contributed by atoms with Crippen molar-refractivity contribution in [2.45, 2.75) is 97.9 Å². The van der Waals surface area contributed by atoms with E-state index in [2.05, 4.69) is 0 Å². The van der Waals surface area contributed by atoms with Crippen LogP contribution in [0.3, 0.4) is 0 Å². The summed E-state index contributed by atoms with van der Waals surface area (Å²) < 4.78 is 65.7. The van der Waals surface area contributed by atoms with E-state index in [1.165, 1.54) is 29.2 Å². The number of amides is 7. The zero-order valence-electron chi connectivity index (χ0n) is 45.6. The number of nitrogens with one attached hydrogen (secondary N) is 1. The number of carbonyl (C=O) groups is 7. The van der Waals surface area contributed by atoms with Gasteiger partial charge in [0.25, 0.3) is 5.91 Å². The van der Waals surface area contributed by atoms with Crippen LogP contribution in [0.1, 0.15) is 99.1 Å². The number of nitrogens with two attached hydrogens (primary N) is 1. The smallest absolute Gasteiger partial charge is 0.410 e. The van der Waals surface area contributed by atoms with Gasteiger partial charge in [-0.25, -0.2) is 28.0 Å². The van der Waals surface area contributed by atoms with E-state index in [0.717, 1.165) is 31.7 Å². The second-order valence-electron chi connectivity index (χ2n) is 22.7. The number of nitrogens with zero attached hydrogens (tertiary/aromatic N) is 6. The SMILES string of the molecule is CC(C)(C)OC(=O)N1CCC2(CC1)CN(C(=O)N(Cc1ccc(C(=O)CN)cc1F)c1ccccc1)C2.CC(C)(C)OC(=O)N1CCC2(CC1)CN(C(=O)N(Cc1ccc(C(=O)CNC(=O)C(F)F)cc1F)c1ccccc1)C2.